The molecule has 1 atom stereocenters. The molecule has 3 rings (SSSR count). The van der Waals surface area contributed by atoms with Crippen LogP contribution < -0.4 is 10.5 Å². The van der Waals surface area contributed by atoms with Gasteiger partial charge >= 0.3 is 0 Å². The lowest BCUT2D eigenvalue weighted by Gasteiger charge is -2.23. The highest BCUT2D eigenvalue weighted by Crippen LogP contribution is 2.31. The van der Waals surface area contributed by atoms with E-state index in [0.29, 0.717) is 27.6 Å². The van der Waals surface area contributed by atoms with Gasteiger partial charge in [-0.3, -0.25) is 9.36 Å². The van der Waals surface area contributed by atoms with E-state index in [2.05, 4.69) is 4.98 Å². The predicted octanol–water partition coefficient (Wildman–Crippen LogP) is 3.16. The fraction of sp³-hybridized carbons (Fsp3) is 0.222. The number of nitrogens with zero attached hydrogens (tertiary/aromatic N) is 3. The zero-order chi connectivity index (χ0) is 17.4. The van der Waals surface area contributed by atoms with Crippen LogP contribution in [0.1, 0.15) is 18.6 Å². The van der Waals surface area contributed by atoms with Crippen LogP contribution in [0.2, 0.25) is 5.02 Å². The van der Waals surface area contributed by atoms with E-state index in [9.17, 15) is 9.90 Å². The van der Waals surface area contributed by atoms with Crippen molar-refractivity contribution in [3.8, 4) is 5.69 Å². The third-order valence-corrected chi connectivity index (χ3v) is 4.11. The summed E-state index contributed by atoms with van der Waals surface area (Å²) in [6.07, 6.45) is 0.731. The first-order valence-electron chi connectivity index (χ1n) is 7.56. The van der Waals surface area contributed by atoms with Crippen molar-refractivity contribution in [2.24, 2.45) is 0 Å². The van der Waals surface area contributed by atoms with Crippen molar-refractivity contribution in [2.45, 2.75) is 13.0 Å². The Bertz CT molecular complexity index is 964. The molecule has 0 aliphatic rings. The summed E-state index contributed by atoms with van der Waals surface area (Å²) in [6, 6.07) is 10.7. The van der Waals surface area contributed by atoms with Gasteiger partial charge in [-0.05, 0) is 37.3 Å². The summed E-state index contributed by atoms with van der Waals surface area (Å²) in [4.78, 5) is 19.4. The molecule has 1 unspecified atom stereocenters. The minimum Gasteiger partial charge on any atom is -0.388 e. The van der Waals surface area contributed by atoms with E-state index in [1.54, 1.807) is 37.4 Å². The highest BCUT2D eigenvalue weighted by atomic mass is 35.5. The first-order chi connectivity index (χ1) is 11.4. The largest absolute Gasteiger partial charge is 0.388 e. The molecular weight excluding hydrogens is 326 g/mol. The van der Waals surface area contributed by atoms with Gasteiger partial charge in [0.1, 0.15) is 5.65 Å². The fourth-order valence-corrected chi connectivity index (χ4v) is 3.12. The van der Waals surface area contributed by atoms with E-state index in [1.807, 2.05) is 31.1 Å². The number of hydrogen-bond acceptors (Lipinski definition) is 4. The van der Waals surface area contributed by atoms with Crippen LogP contribution in [0.5, 0.6) is 0 Å². The Balaban J connectivity index is 2.53. The molecule has 24 heavy (non-hydrogen) atoms. The number of rotatable bonds is 3. The van der Waals surface area contributed by atoms with Crippen LogP contribution in [0.15, 0.2) is 47.4 Å². The van der Waals surface area contributed by atoms with E-state index in [4.69, 9.17) is 11.6 Å². The normalized spacial score (nSPS) is 12.4. The summed E-state index contributed by atoms with van der Waals surface area (Å²) in [7, 11) is 3.69. The second-order valence-corrected chi connectivity index (χ2v) is 6.26. The van der Waals surface area contributed by atoms with Gasteiger partial charge in [0, 0.05) is 30.7 Å². The van der Waals surface area contributed by atoms with E-state index in [-0.39, 0.29) is 5.56 Å². The molecule has 2 aromatic heterocycles. The molecule has 5 nitrogen and oxygen atoms in total. The van der Waals surface area contributed by atoms with Crippen molar-refractivity contribution < 1.29 is 5.11 Å². The second kappa shape index (κ2) is 6.26. The highest BCUT2D eigenvalue weighted by Gasteiger charge is 2.22. The van der Waals surface area contributed by atoms with Crippen LogP contribution in [-0.4, -0.2) is 28.8 Å². The molecule has 0 saturated heterocycles. The standard InChI is InChI=1S/C18H18ClN3O2/c1-11(23)15-16(21(2)3)14-8-5-9-20-17(14)22(18(15)24)13-7-4-6-12(19)10-13/h4-11,23H,1-3H3. The topological polar surface area (TPSA) is 58.4 Å². The summed E-state index contributed by atoms with van der Waals surface area (Å²) in [5.41, 5.74) is 1.85. The number of aromatic nitrogens is 2. The van der Waals surface area contributed by atoms with Gasteiger partial charge in [-0.25, -0.2) is 4.98 Å². The van der Waals surface area contributed by atoms with Crippen molar-refractivity contribution in [1.82, 2.24) is 9.55 Å². The van der Waals surface area contributed by atoms with Crippen molar-refractivity contribution in [1.29, 1.82) is 0 Å². The van der Waals surface area contributed by atoms with Crippen LogP contribution in [0.4, 0.5) is 5.69 Å². The van der Waals surface area contributed by atoms with Gasteiger partial charge in [0.25, 0.3) is 5.56 Å². The Kier molecular flexibility index (Phi) is 4.30. The molecule has 124 valence electrons. The minimum absolute atomic E-state index is 0.304. The summed E-state index contributed by atoms with van der Waals surface area (Å²) >= 11 is 6.09. The summed E-state index contributed by atoms with van der Waals surface area (Å²) in [6.45, 7) is 1.59. The van der Waals surface area contributed by atoms with Crippen molar-refractivity contribution in [3.63, 3.8) is 0 Å². The predicted molar refractivity (Wildman–Crippen MR) is 97.3 cm³/mol. The van der Waals surface area contributed by atoms with Gasteiger partial charge in [-0.1, -0.05) is 17.7 Å². The Morgan fingerprint density at radius 3 is 2.62 bits per heavy atom. The number of benzene rings is 1. The number of aliphatic hydroxyl groups excluding tert-OH is 1. The SMILES string of the molecule is CC(O)c1c(N(C)C)c2cccnc2n(-c2cccc(Cl)c2)c1=O. The number of anilines is 1. The van der Waals surface area contributed by atoms with Crippen molar-refractivity contribution in [3.05, 3.63) is 63.5 Å². The molecule has 2 heterocycles. The fourth-order valence-electron chi connectivity index (χ4n) is 2.94. The first kappa shape index (κ1) is 16.5. The molecule has 0 aliphatic carbocycles. The smallest absolute Gasteiger partial charge is 0.264 e. The Morgan fingerprint density at radius 1 is 1.25 bits per heavy atom. The van der Waals surface area contributed by atoms with E-state index in [1.165, 1.54) is 4.57 Å². The third kappa shape index (κ3) is 2.66. The zero-order valence-electron chi connectivity index (χ0n) is 13.7. The molecule has 6 heteroatoms. The molecule has 1 aromatic carbocycles. The molecule has 0 radical (unpaired) electrons. The Hall–Kier alpha value is -2.37. The van der Waals surface area contributed by atoms with Crippen LogP contribution >= 0.6 is 11.6 Å². The third-order valence-electron chi connectivity index (χ3n) is 3.87. The lowest BCUT2D eigenvalue weighted by molar-refractivity contribution is 0.198. The zero-order valence-corrected chi connectivity index (χ0v) is 14.4. The van der Waals surface area contributed by atoms with E-state index < -0.39 is 6.10 Å². The van der Waals surface area contributed by atoms with Gasteiger partial charge in [0.15, 0.2) is 0 Å². The Labute approximate surface area is 144 Å². The van der Waals surface area contributed by atoms with E-state index >= 15 is 0 Å². The quantitative estimate of drug-likeness (QED) is 0.793. The van der Waals surface area contributed by atoms with Crippen LogP contribution in [0.25, 0.3) is 16.7 Å². The minimum atomic E-state index is -0.912. The molecule has 0 saturated carbocycles. The first-order valence-corrected chi connectivity index (χ1v) is 7.94. The van der Waals surface area contributed by atoms with Gasteiger partial charge < -0.3 is 10.0 Å². The molecule has 0 spiro atoms. The molecule has 0 fully saturated rings. The average Bonchev–Trinajstić information content (AvgIpc) is 2.53. The van der Waals surface area contributed by atoms with Gasteiger partial charge in [0.05, 0.1) is 23.0 Å². The maximum Gasteiger partial charge on any atom is 0.264 e. The van der Waals surface area contributed by atoms with Crippen molar-refractivity contribution in [2.75, 3.05) is 19.0 Å². The van der Waals surface area contributed by atoms with Crippen LogP contribution in [-0.2, 0) is 0 Å². The van der Waals surface area contributed by atoms with Gasteiger partial charge in [-0.15, -0.1) is 0 Å². The summed E-state index contributed by atoms with van der Waals surface area (Å²) in [5, 5.41) is 11.5. The number of hydrogen-bond donors (Lipinski definition) is 1. The number of fused-ring (bicyclic) bond motifs is 1. The van der Waals surface area contributed by atoms with Crippen LogP contribution in [0, 0.1) is 0 Å². The maximum atomic E-state index is 13.2. The second-order valence-electron chi connectivity index (χ2n) is 5.83. The highest BCUT2D eigenvalue weighted by molar-refractivity contribution is 6.30. The molecule has 0 bridgehead atoms. The molecule has 3 aromatic rings. The van der Waals surface area contributed by atoms with E-state index in [0.717, 1.165) is 5.39 Å². The lowest BCUT2D eigenvalue weighted by atomic mass is 10.1. The molecular formula is C18H18ClN3O2. The molecule has 0 amide bonds. The number of aliphatic hydroxyl groups is 1. The average molecular weight is 344 g/mol. The summed E-state index contributed by atoms with van der Waals surface area (Å²) in [5.74, 6) is 0. The molecule has 0 aliphatic heterocycles. The lowest BCUT2D eigenvalue weighted by Crippen LogP contribution is -2.28. The van der Waals surface area contributed by atoms with Gasteiger partial charge in [0.2, 0.25) is 0 Å². The molecule has 1 N–H and O–H groups in total. The van der Waals surface area contributed by atoms with Crippen molar-refractivity contribution >= 4 is 28.3 Å². The number of pyridine rings is 2. The Morgan fingerprint density at radius 2 is 2.00 bits per heavy atom. The van der Waals surface area contributed by atoms with Crippen LogP contribution in [0.3, 0.4) is 0 Å². The summed E-state index contributed by atoms with van der Waals surface area (Å²) < 4.78 is 1.50. The van der Waals surface area contributed by atoms with Gasteiger partial charge in [-0.2, -0.15) is 0 Å². The number of halogens is 1. The maximum absolute atomic E-state index is 13.2. The monoisotopic (exact) mass is 343 g/mol.